The second-order valence-corrected chi connectivity index (χ2v) is 5.20. The molecule has 1 heterocycles. The molecule has 2 aromatic rings. The highest BCUT2D eigenvalue weighted by molar-refractivity contribution is 6.30. The molecule has 1 aromatic heterocycles. The topological polar surface area (TPSA) is 59.3 Å². The van der Waals surface area contributed by atoms with Crippen LogP contribution in [0.3, 0.4) is 0 Å². The van der Waals surface area contributed by atoms with Gasteiger partial charge in [0.1, 0.15) is 5.15 Å². The molecule has 0 saturated carbocycles. The molecule has 21 heavy (non-hydrogen) atoms. The van der Waals surface area contributed by atoms with Gasteiger partial charge in [0.2, 0.25) is 0 Å². The number of halogens is 1. The molecule has 0 saturated heterocycles. The van der Waals surface area contributed by atoms with E-state index in [9.17, 15) is 5.11 Å². The van der Waals surface area contributed by atoms with E-state index in [4.69, 9.17) is 16.3 Å². The van der Waals surface area contributed by atoms with E-state index in [2.05, 4.69) is 10.4 Å². The minimum absolute atomic E-state index is 0.309. The van der Waals surface area contributed by atoms with Crippen LogP contribution in [0.15, 0.2) is 30.3 Å². The first-order chi connectivity index (χ1) is 10.1. The summed E-state index contributed by atoms with van der Waals surface area (Å²) in [7, 11) is 1.56. The molecule has 2 rings (SSSR count). The van der Waals surface area contributed by atoms with Crippen LogP contribution in [-0.2, 0) is 11.3 Å². The van der Waals surface area contributed by atoms with Crippen molar-refractivity contribution in [2.75, 3.05) is 20.3 Å². The number of aliphatic hydroxyl groups is 1. The molecular formula is C15H20ClN3O2. The van der Waals surface area contributed by atoms with Crippen molar-refractivity contribution >= 4 is 11.6 Å². The predicted molar refractivity (Wildman–Crippen MR) is 82.9 cm³/mol. The molecule has 114 valence electrons. The fraction of sp³-hybridized carbons (Fsp3) is 0.400. The molecule has 2 N–H and O–H groups in total. The molecule has 1 atom stereocenters. The molecule has 0 bridgehead atoms. The summed E-state index contributed by atoms with van der Waals surface area (Å²) in [5.74, 6) is 0. The molecule has 0 aliphatic carbocycles. The first kappa shape index (κ1) is 16.0. The van der Waals surface area contributed by atoms with Crippen LogP contribution in [0, 0.1) is 6.92 Å². The van der Waals surface area contributed by atoms with Crippen LogP contribution in [0.1, 0.15) is 11.3 Å². The summed E-state index contributed by atoms with van der Waals surface area (Å²) in [4.78, 5) is 0. The second-order valence-electron chi connectivity index (χ2n) is 4.84. The molecule has 5 nitrogen and oxygen atoms in total. The number of nitrogens with zero attached hydrogens (tertiary/aromatic N) is 2. The Balaban J connectivity index is 2.06. The van der Waals surface area contributed by atoms with Crippen molar-refractivity contribution in [1.82, 2.24) is 15.1 Å². The summed E-state index contributed by atoms with van der Waals surface area (Å²) in [5, 5.41) is 17.8. The highest BCUT2D eigenvalue weighted by Crippen LogP contribution is 2.23. The highest BCUT2D eigenvalue weighted by Gasteiger charge is 2.14. The normalized spacial score (nSPS) is 12.6. The number of para-hydroxylation sites is 1. The maximum Gasteiger partial charge on any atom is 0.137 e. The van der Waals surface area contributed by atoms with E-state index >= 15 is 0 Å². The lowest BCUT2D eigenvalue weighted by atomic mass is 10.2. The maximum absolute atomic E-state index is 9.61. The van der Waals surface area contributed by atoms with Gasteiger partial charge < -0.3 is 15.2 Å². The Hall–Kier alpha value is -1.40. The van der Waals surface area contributed by atoms with Crippen LogP contribution in [0.25, 0.3) is 5.69 Å². The monoisotopic (exact) mass is 309 g/mol. The lowest BCUT2D eigenvalue weighted by Gasteiger charge is -2.10. The van der Waals surface area contributed by atoms with Gasteiger partial charge in [-0.2, -0.15) is 5.10 Å². The fourth-order valence-corrected chi connectivity index (χ4v) is 2.43. The van der Waals surface area contributed by atoms with Gasteiger partial charge in [0.25, 0.3) is 0 Å². The Kier molecular flexibility index (Phi) is 5.76. The number of benzene rings is 1. The fourth-order valence-electron chi connectivity index (χ4n) is 2.09. The van der Waals surface area contributed by atoms with Gasteiger partial charge in [-0.25, -0.2) is 4.68 Å². The number of aryl methyl sites for hydroxylation is 1. The molecule has 0 radical (unpaired) electrons. The Bertz CT molecular complexity index is 572. The van der Waals surface area contributed by atoms with Crippen molar-refractivity contribution in [3.8, 4) is 5.69 Å². The number of nitrogens with one attached hydrogen (secondary N) is 1. The third-order valence-corrected chi connectivity index (χ3v) is 3.55. The van der Waals surface area contributed by atoms with Crippen LogP contribution in [0.2, 0.25) is 5.15 Å². The lowest BCUT2D eigenvalue weighted by molar-refractivity contribution is 0.0644. The van der Waals surface area contributed by atoms with Gasteiger partial charge in [-0.05, 0) is 19.1 Å². The summed E-state index contributed by atoms with van der Waals surface area (Å²) in [6.45, 7) is 3.23. The number of methoxy groups -OCH3 is 1. The maximum atomic E-state index is 9.61. The zero-order chi connectivity index (χ0) is 15.2. The average molecular weight is 310 g/mol. The summed E-state index contributed by atoms with van der Waals surface area (Å²) < 4.78 is 6.60. The number of aromatic nitrogens is 2. The van der Waals surface area contributed by atoms with Crippen molar-refractivity contribution in [3.05, 3.63) is 46.7 Å². The Morgan fingerprint density at radius 1 is 1.38 bits per heavy atom. The van der Waals surface area contributed by atoms with Crippen LogP contribution in [-0.4, -0.2) is 41.3 Å². The molecular weight excluding hydrogens is 290 g/mol. The van der Waals surface area contributed by atoms with Crippen molar-refractivity contribution < 1.29 is 9.84 Å². The van der Waals surface area contributed by atoms with Gasteiger partial charge in [-0.3, -0.25) is 0 Å². The first-order valence-corrected chi connectivity index (χ1v) is 7.18. The molecule has 0 amide bonds. The smallest absolute Gasteiger partial charge is 0.137 e. The minimum Gasteiger partial charge on any atom is -0.389 e. The molecule has 6 heteroatoms. The van der Waals surface area contributed by atoms with E-state index in [1.807, 2.05) is 37.3 Å². The Labute approximate surface area is 129 Å². The molecule has 0 fully saturated rings. The minimum atomic E-state index is -0.529. The third-order valence-electron chi connectivity index (χ3n) is 3.16. The van der Waals surface area contributed by atoms with Crippen molar-refractivity contribution in [1.29, 1.82) is 0 Å². The number of hydrogen-bond donors (Lipinski definition) is 2. The lowest BCUT2D eigenvalue weighted by Crippen LogP contribution is -2.29. The van der Waals surface area contributed by atoms with E-state index in [1.165, 1.54) is 0 Å². The average Bonchev–Trinajstić information content (AvgIpc) is 2.76. The predicted octanol–water partition coefficient (Wildman–Crippen LogP) is 1.93. The standard InChI is InChI=1S/C15H20ClN3O2/c1-11-14(9-17-8-13(20)10-21-2)15(16)19(18-11)12-6-4-3-5-7-12/h3-7,13,17,20H,8-10H2,1-2H3. The van der Waals surface area contributed by atoms with Gasteiger partial charge in [0.05, 0.1) is 24.1 Å². The molecule has 1 aromatic carbocycles. The second kappa shape index (κ2) is 7.56. The van der Waals surface area contributed by atoms with Gasteiger partial charge in [-0.1, -0.05) is 29.8 Å². The van der Waals surface area contributed by atoms with Gasteiger partial charge >= 0.3 is 0 Å². The van der Waals surface area contributed by atoms with E-state index in [1.54, 1.807) is 11.8 Å². The van der Waals surface area contributed by atoms with Gasteiger partial charge in [0, 0.05) is 25.8 Å². The quantitative estimate of drug-likeness (QED) is 0.820. The molecule has 1 unspecified atom stereocenters. The van der Waals surface area contributed by atoms with Gasteiger partial charge in [0.15, 0.2) is 0 Å². The van der Waals surface area contributed by atoms with Crippen molar-refractivity contribution in [2.45, 2.75) is 19.6 Å². The zero-order valence-corrected chi connectivity index (χ0v) is 13.0. The summed E-state index contributed by atoms with van der Waals surface area (Å²) in [5.41, 5.74) is 2.74. The van der Waals surface area contributed by atoms with Crippen molar-refractivity contribution in [2.24, 2.45) is 0 Å². The molecule has 0 aliphatic rings. The first-order valence-electron chi connectivity index (χ1n) is 6.80. The number of aliphatic hydroxyl groups excluding tert-OH is 1. The molecule has 0 aliphatic heterocycles. The number of ether oxygens (including phenoxy) is 1. The SMILES string of the molecule is COCC(O)CNCc1c(C)nn(-c2ccccc2)c1Cl. The van der Waals surface area contributed by atoms with Crippen LogP contribution in [0.5, 0.6) is 0 Å². The van der Waals surface area contributed by atoms with E-state index in [0.29, 0.717) is 24.8 Å². The van der Waals surface area contributed by atoms with E-state index in [-0.39, 0.29) is 0 Å². The Morgan fingerprint density at radius 2 is 2.10 bits per heavy atom. The largest absolute Gasteiger partial charge is 0.389 e. The van der Waals surface area contributed by atoms with E-state index in [0.717, 1.165) is 16.9 Å². The third kappa shape index (κ3) is 4.04. The van der Waals surface area contributed by atoms with Crippen molar-refractivity contribution in [3.63, 3.8) is 0 Å². The summed E-state index contributed by atoms with van der Waals surface area (Å²) in [6, 6.07) is 9.76. The van der Waals surface area contributed by atoms with Gasteiger partial charge in [-0.15, -0.1) is 0 Å². The van der Waals surface area contributed by atoms with Crippen LogP contribution < -0.4 is 5.32 Å². The number of hydrogen-bond acceptors (Lipinski definition) is 4. The summed E-state index contributed by atoms with van der Waals surface area (Å²) >= 11 is 6.41. The highest BCUT2D eigenvalue weighted by atomic mass is 35.5. The molecule has 0 spiro atoms. The Morgan fingerprint density at radius 3 is 2.76 bits per heavy atom. The zero-order valence-electron chi connectivity index (χ0n) is 12.2. The van der Waals surface area contributed by atoms with E-state index < -0.39 is 6.10 Å². The number of rotatable bonds is 7. The van der Waals surface area contributed by atoms with Crippen LogP contribution in [0.4, 0.5) is 0 Å². The van der Waals surface area contributed by atoms with Crippen LogP contribution >= 0.6 is 11.6 Å². The summed E-state index contributed by atoms with van der Waals surface area (Å²) in [6.07, 6.45) is -0.529.